The Hall–Kier alpha value is -3.52. The summed E-state index contributed by atoms with van der Waals surface area (Å²) in [6, 6.07) is 30.9. The zero-order chi connectivity index (χ0) is 23.2. The molecule has 166 valence electrons. The number of ether oxygens (including phenoxy) is 2. The van der Waals surface area contributed by atoms with Crippen LogP contribution in [-0.4, -0.2) is 13.2 Å². The van der Waals surface area contributed by atoms with Crippen LogP contribution < -0.4 is 9.47 Å². The number of rotatable bonds is 5. The molecular formula is C31H30O2. The highest BCUT2D eigenvalue weighted by Crippen LogP contribution is 2.56. The molecule has 4 aromatic carbocycles. The Kier molecular flexibility index (Phi) is 5.25. The molecule has 0 aliphatic heterocycles. The van der Waals surface area contributed by atoms with Gasteiger partial charge in [0.25, 0.3) is 0 Å². The van der Waals surface area contributed by atoms with Gasteiger partial charge in [0.15, 0.2) is 0 Å². The van der Waals surface area contributed by atoms with Crippen LogP contribution in [0.15, 0.2) is 84.9 Å². The van der Waals surface area contributed by atoms with E-state index in [9.17, 15) is 0 Å². The minimum Gasteiger partial charge on any atom is -0.496 e. The monoisotopic (exact) mass is 434 g/mol. The first-order valence-electron chi connectivity index (χ1n) is 11.6. The van der Waals surface area contributed by atoms with Crippen LogP contribution >= 0.6 is 0 Å². The Morgan fingerprint density at radius 2 is 1.12 bits per heavy atom. The van der Waals surface area contributed by atoms with Gasteiger partial charge in [-0.3, -0.25) is 0 Å². The second kappa shape index (κ2) is 8.12. The predicted molar refractivity (Wildman–Crippen MR) is 136 cm³/mol. The summed E-state index contributed by atoms with van der Waals surface area (Å²) in [5, 5.41) is 0. The molecule has 0 amide bonds. The van der Waals surface area contributed by atoms with E-state index in [-0.39, 0.29) is 6.10 Å². The average molecular weight is 435 g/mol. The van der Waals surface area contributed by atoms with E-state index in [1.807, 2.05) is 0 Å². The molecule has 0 radical (unpaired) electrons. The van der Waals surface area contributed by atoms with Crippen molar-refractivity contribution in [2.75, 3.05) is 7.11 Å². The fraction of sp³-hybridized carbons (Fsp3) is 0.226. The molecule has 1 aliphatic carbocycles. The topological polar surface area (TPSA) is 18.5 Å². The van der Waals surface area contributed by atoms with Crippen molar-refractivity contribution in [3.05, 3.63) is 118 Å². The summed E-state index contributed by atoms with van der Waals surface area (Å²) in [5.41, 5.74) is 9.57. The third-order valence-electron chi connectivity index (χ3n) is 6.75. The Morgan fingerprint density at radius 1 is 0.636 bits per heavy atom. The average Bonchev–Trinajstić information content (AvgIpc) is 3.11. The molecule has 2 heteroatoms. The number of hydrogen-bond acceptors (Lipinski definition) is 2. The molecule has 0 saturated carbocycles. The van der Waals surface area contributed by atoms with Crippen molar-refractivity contribution in [1.29, 1.82) is 0 Å². The minimum absolute atomic E-state index is 0.140. The first-order chi connectivity index (χ1) is 16.0. The van der Waals surface area contributed by atoms with Gasteiger partial charge < -0.3 is 9.47 Å². The summed E-state index contributed by atoms with van der Waals surface area (Å²) < 4.78 is 11.7. The highest BCUT2D eigenvalue weighted by atomic mass is 16.5. The molecule has 0 heterocycles. The highest BCUT2D eigenvalue weighted by Gasteiger charge is 2.46. The van der Waals surface area contributed by atoms with Gasteiger partial charge in [0, 0.05) is 0 Å². The van der Waals surface area contributed by atoms with E-state index < -0.39 is 5.41 Å². The van der Waals surface area contributed by atoms with Crippen LogP contribution in [0.2, 0.25) is 0 Å². The number of fused-ring (bicyclic) bond motifs is 3. The number of methoxy groups -OCH3 is 1. The second-order valence-corrected chi connectivity index (χ2v) is 9.17. The molecule has 4 aromatic rings. The first kappa shape index (κ1) is 21.3. The SMILES string of the molecule is COc1ccc(C2(c3ccc(OC(C)C)c(C)c3)c3ccccc3-c3ccccc32)cc1C. The third-order valence-corrected chi connectivity index (χ3v) is 6.75. The predicted octanol–water partition coefficient (Wildman–Crippen LogP) is 7.46. The normalized spacial score (nSPS) is 13.5. The van der Waals surface area contributed by atoms with Gasteiger partial charge in [-0.25, -0.2) is 0 Å². The highest BCUT2D eigenvalue weighted by molar-refractivity contribution is 5.86. The Bertz CT molecular complexity index is 1290. The Balaban J connectivity index is 1.86. The van der Waals surface area contributed by atoms with Crippen LogP contribution in [0.4, 0.5) is 0 Å². The third kappa shape index (κ3) is 3.24. The van der Waals surface area contributed by atoms with Gasteiger partial charge in [-0.05, 0) is 84.3 Å². The van der Waals surface area contributed by atoms with Gasteiger partial charge in [-0.1, -0.05) is 72.8 Å². The molecule has 0 unspecified atom stereocenters. The fourth-order valence-corrected chi connectivity index (χ4v) is 5.40. The second-order valence-electron chi connectivity index (χ2n) is 9.17. The van der Waals surface area contributed by atoms with Crippen molar-refractivity contribution >= 4 is 0 Å². The fourth-order valence-electron chi connectivity index (χ4n) is 5.40. The van der Waals surface area contributed by atoms with Crippen molar-refractivity contribution in [2.45, 2.75) is 39.2 Å². The van der Waals surface area contributed by atoms with E-state index >= 15 is 0 Å². The van der Waals surface area contributed by atoms with E-state index in [2.05, 4.69) is 113 Å². The van der Waals surface area contributed by atoms with Crippen molar-refractivity contribution in [3.8, 4) is 22.6 Å². The first-order valence-corrected chi connectivity index (χ1v) is 11.6. The summed E-state index contributed by atoms with van der Waals surface area (Å²) in [4.78, 5) is 0. The summed E-state index contributed by atoms with van der Waals surface area (Å²) in [7, 11) is 1.73. The molecular weight excluding hydrogens is 404 g/mol. The lowest BCUT2D eigenvalue weighted by molar-refractivity contribution is 0.240. The van der Waals surface area contributed by atoms with Gasteiger partial charge in [0.05, 0.1) is 18.6 Å². The zero-order valence-corrected chi connectivity index (χ0v) is 20.0. The molecule has 0 bridgehead atoms. The molecule has 0 spiro atoms. The van der Waals surface area contributed by atoms with Gasteiger partial charge in [-0.2, -0.15) is 0 Å². The van der Waals surface area contributed by atoms with Gasteiger partial charge in [-0.15, -0.1) is 0 Å². The maximum absolute atomic E-state index is 6.07. The molecule has 0 fully saturated rings. The van der Waals surface area contributed by atoms with Crippen molar-refractivity contribution in [1.82, 2.24) is 0 Å². The molecule has 33 heavy (non-hydrogen) atoms. The molecule has 0 atom stereocenters. The summed E-state index contributed by atoms with van der Waals surface area (Å²) in [6.45, 7) is 8.39. The van der Waals surface area contributed by atoms with Crippen molar-refractivity contribution in [2.24, 2.45) is 0 Å². The molecule has 2 nitrogen and oxygen atoms in total. The van der Waals surface area contributed by atoms with Crippen LogP contribution in [0, 0.1) is 13.8 Å². The summed E-state index contributed by atoms with van der Waals surface area (Å²) in [6.07, 6.45) is 0.140. The van der Waals surface area contributed by atoms with E-state index in [0.717, 1.165) is 22.6 Å². The maximum atomic E-state index is 6.07. The van der Waals surface area contributed by atoms with Crippen LogP contribution in [0.25, 0.3) is 11.1 Å². The molecule has 0 aromatic heterocycles. The van der Waals surface area contributed by atoms with E-state index in [1.165, 1.54) is 33.4 Å². The number of hydrogen-bond donors (Lipinski definition) is 0. The zero-order valence-electron chi connectivity index (χ0n) is 20.0. The maximum Gasteiger partial charge on any atom is 0.122 e. The quantitative estimate of drug-likeness (QED) is 0.286. The smallest absolute Gasteiger partial charge is 0.122 e. The molecule has 1 aliphatic rings. The van der Waals surface area contributed by atoms with Crippen molar-refractivity contribution < 1.29 is 9.47 Å². The molecule has 0 N–H and O–H groups in total. The standard InChI is InChI=1S/C31H30O2/c1-20(2)33-30-17-15-24(19-22(30)4)31(23-14-16-29(32-5)21(3)18-23)27-12-8-6-10-25(27)26-11-7-9-13-28(26)31/h6-20H,1-5H3. The Labute approximate surface area is 196 Å². The van der Waals surface area contributed by atoms with Gasteiger partial charge in [0.2, 0.25) is 0 Å². The van der Waals surface area contributed by atoms with Gasteiger partial charge in [0.1, 0.15) is 11.5 Å². The largest absolute Gasteiger partial charge is 0.496 e. The lowest BCUT2D eigenvalue weighted by Crippen LogP contribution is -2.29. The number of benzene rings is 4. The Morgan fingerprint density at radius 3 is 1.58 bits per heavy atom. The van der Waals surface area contributed by atoms with E-state index in [1.54, 1.807) is 7.11 Å². The van der Waals surface area contributed by atoms with E-state index in [0.29, 0.717) is 0 Å². The van der Waals surface area contributed by atoms with Crippen molar-refractivity contribution in [3.63, 3.8) is 0 Å². The van der Waals surface area contributed by atoms with E-state index in [4.69, 9.17) is 9.47 Å². The molecule has 0 saturated heterocycles. The summed E-state index contributed by atoms with van der Waals surface area (Å²) >= 11 is 0. The van der Waals surface area contributed by atoms with Crippen LogP contribution in [-0.2, 0) is 5.41 Å². The minimum atomic E-state index is -0.411. The van der Waals surface area contributed by atoms with Crippen LogP contribution in [0.5, 0.6) is 11.5 Å². The number of aryl methyl sites for hydroxylation is 2. The van der Waals surface area contributed by atoms with Crippen LogP contribution in [0.1, 0.15) is 47.2 Å². The molecule has 5 rings (SSSR count). The summed E-state index contributed by atoms with van der Waals surface area (Å²) in [5.74, 6) is 1.85. The lowest BCUT2D eigenvalue weighted by atomic mass is 9.67. The van der Waals surface area contributed by atoms with Crippen LogP contribution in [0.3, 0.4) is 0 Å². The lowest BCUT2D eigenvalue weighted by Gasteiger charge is -2.34. The van der Waals surface area contributed by atoms with Gasteiger partial charge >= 0.3 is 0 Å².